The van der Waals surface area contributed by atoms with Crippen LogP contribution in [0.3, 0.4) is 0 Å². The predicted octanol–water partition coefficient (Wildman–Crippen LogP) is 4.04. The van der Waals surface area contributed by atoms with E-state index in [2.05, 4.69) is 55.2 Å². The molecule has 1 aromatic carbocycles. The van der Waals surface area contributed by atoms with E-state index >= 15 is 0 Å². The van der Waals surface area contributed by atoms with Gasteiger partial charge in [-0.05, 0) is 73.9 Å². The Hall–Kier alpha value is -0.100. The van der Waals surface area contributed by atoms with Crippen molar-refractivity contribution in [1.29, 1.82) is 0 Å². The lowest BCUT2D eigenvalue weighted by molar-refractivity contribution is 0.206. The van der Waals surface area contributed by atoms with Crippen molar-refractivity contribution < 1.29 is 4.74 Å². The highest BCUT2D eigenvalue weighted by Crippen LogP contribution is 2.33. The quantitative estimate of drug-likeness (QED) is 0.752. The predicted molar refractivity (Wildman–Crippen MR) is 94.9 cm³/mol. The highest BCUT2D eigenvalue weighted by molar-refractivity contribution is 9.11. The van der Waals surface area contributed by atoms with E-state index in [1.54, 1.807) is 0 Å². The van der Waals surface area contributed by atoms with Crippen LogP contribution in [0.4, 0.5) is 0 Å². The number of ether oxygens (including phenoxy) is 1. The van der Waals surface area contributed by atoms with Crippen molar-refractivity contribution in [1.82, 2.24) is 10.2 Å². The molecule has 1 fully saturated rings. The van der Waals surface area contributed by atoms with Gasteiger partial charge in [-0.3, -0.25) is 0 Å². The molecule has 1 atom stereocenters. The second-order valence-electron chi connectivity index (χ2n) is 5.71. The highest BCUT2D eigenvalue weighted by Gasteiger charge is 2.17. The molecule has 0 bridgehead atoms. The molecular weight excluding hydrogens is 396 g/mol. The SMILES string of the molecule is CCOc1c(Br)cc(Br)cc1CNCC1CCCN(C)C1. The van der Waals surface area contributed by atoms with Gasteiger partial charge < -0.3 is 15.0 Å². The van der Waals surface area contributed by atoms with E-state index in [-0.39, 0.29) is 0 Å². The van der Waals surface area contributed by atoms with Crippen LogP contribution in [-0.2, 0) is 6.54 Å². The normalized spacial score (nSPS) is 19.7. The van der Waals surface area contributed by atoms with Crippen LogP contribution in [-0.4, -0.2) is 38.2 Å². The van der Waals surface area contributed by atoms with Crippen molar-refractivity contribution in [3.8, 4) is 5.75 Å². The first-order chi connectivity index (χ1) is 10.1. The van der Waals surface area contributed by atoms with Crippen molar-refractivity contribution in [2.24, 2.45) is 5.92 Å². The molecule has 1 N–H and O–H groups in total. The first-order valence-corrected chi connectivity index (χ1v) is 9.18. The van der Waals surface area contributed by atoms with E-state index in [4.69, 9.17) is 4.74 Å². The number of halogens is 2. The third kappa shape index (κ3) is 5.23. The third-order valence-corrected chi connectivity index (χ3v) is 4.89. The number of piperidine rings is 1. The van der Waals surface area contributed by atoms with Gasteiger partial charge in [0.05, 0.1) is 11.1 Å². The number of nitrogens with one attached hydrogen (secondary N) is 1. The van der Waals surface area contributed by atoms with E-state index in [1.165, 1.54) is 31.5 Å². The largest absolute Gasteiger partial charge is 0.492 e. The number of likely N-dealkylation sites (tertiary alicyclic amines) is 1. The van der Waals surface area contributed by atoms with Gasteiger partial charge in [-0.1, -0.05) is 15.9 Å². The van der Waals surface area contributed by atoms with Crippen LogP contribution in [0, 0.1) is 5.92 Å². The van der Waals surface area contributed by atoms with Gasteiger partial charge in [0.1, 0.15) is 5.75 Å². The lowest BCUT2D eigenvalue weighted by Gasteiger charge is -2.29. The Morgan fingerprint density at radius 2 is 2.19 bits per heavy atom. The average molecular weight is 420 g/mol. The fourth-order valence-electron chi connectivity index (χ4n) is 2.90. The molecule has 2 rings (SSSR count). The molecule has 21 heavy (non-hydrogen) atoms. The van der Waals surface area contributed by atoms with Crippen molar-refractivity contribution in [2.75, 3.05) is 33.3 Å². The molecule has 0 spiro atoms. The summed E-state index contributed by atoms with van der Waals surface area (Å²) in [4.78, 5) is 2.43. The number of benzene rings is 1. The molecule has 118 valence electrons. The van der Waals surface area contributed by atoms with Gasteiger partial charge in [-0.25, -0.2) is 0 Å². The van der Waals surface area contributed by atoms with Crippen molar-refractivity contribution in [2.45, 2.75) is 26.3 Å². The summed E-state index contributed by atoms with van der Waals surface area (Å²) >= 11 is 7.14. The van der Waals surface area contributed by atoms with Crippen LogP contribution in [0.5, 0.6) is 5.75 Å². The minimum Gasteiger partial charge on any atom is -0.492 e. The lowest BCUT2D eigenvalue weighted by Crippen LogP contribution is -2.37. The zero-order chi connectivity index (χ0) is 15.2. The minimum atomic E-state index is 0.681. The molecule has 1 heterocycles. The van der Waals surface area contributed by atoms with Crippen molar-refractivity contribution >= 4 is 31.9 Å². The van der Waals surface area contributed by atoms with Crippen molar-refractivity contribution in [3.63, 3.8) is 0 Å². The molecule has 1 aromatic rings. The first-order valence-electron chi connectivity index (χ1n) is 7.60. The second kappa shape index (κ2) is 8.51. The van der Waals surface area contributed by atoms with Gasteiger partial charge in [-0.15, -0.1) is 0 Å². The maximum absolute atomic E-state index is 5.77. The number of rotatable bonds is 6. The molecule has 5 heteroatoms. The zero-order valence-electron chi connectivity index (χ0n) is 12.8. The van der Waals surface area contributed by atoms with Gasteiger partial charge >= 0.3 is 0 Å². The van der Waals surface area contributed by atoms with Gasteiger partial charge in [0.2, 0.25) is 0 Å². The Balaban J connectivity index is 1.92. The molecule has 0 amide bonds. The van der Waals surface area contributed by atoms with Crippen LogP contribution >= 0.6 is 31.9 Å². The molecule has 0 saturated carbocycles. The summed E-state index contributed by atoms with van der Waals surface area (Å²) in [6.45, 7) is 7.05. The van der Waals surface area contributed by atoms with E-state index in [0.29, 0.717) is 6.61 Å². The molecule has 1 aliphatic heterocycles. The number of hydrogen-bond donors (Lipinski definition) is 1. The maximum Gasteiger partial charge on any atom is 0.138 e. The molecule has 3 nitrogen and oxygen atoms in total. The van der Waals surface area contributed by atoms with E-state index in [1.807, 2.05) is 13.0 Å². The zero-order valence-corrected chi connectivity index (χ0v) is 16.0. The fraction of sp³-hybridized carbons (Fsp3) is 0.625. The smallest absolute Gasteiger partial charge is 0.138 e. The molecule has 0 aromatic heterocycles. The van der Waals surface area contributed by atoms with E-state index < -0.39 is 0 Å². The Bertz CT molecular complexity index is 468. The van der Waals surface area contributed by atoms with Crippen LogP contribution in [0.15, 0.2) is 21.1 Å². The maximum atomic E-state index is 5.77. The third-order valence-electron chi connectivity index (χ3n) is 3.84. The minimum absolute atomic E-state index is 0.681. The molecule has 0 aliphatic carbocycles. The van der Waals surface area contributed by atoms with Crippen LogP contribution in [0.1, 0.15) is 25.3 Å². The summed E-state index contributed by atoms with van der Waals surface area (Å²) in [5.41, 5.74) is 1.20. The number of nitrogens with zero attached hydrogens (tertiary/aromatic N) is 1. The van der Waals surface area contributed by atoms with E-state index in [0.717, 1.165) is 33.7 Å². The summed E-state index contributed by atoms with van der Waals surface area (Å²) in [7, 11) is 2.21. The summed E-state index contributed by atoms with van der Waals surface area (Å²) < 4.78 is 7.85. The molecule has 1 unspecified atom stereocenters. The molecular formula is C16H24Br2N2O. The Morgan fingerprint density at radius 1 is 1.38 bits per heavy atom. The second-order valence-corrected chi connectivity index (χ2v) is 7.48. The summed E-state index contributed by atoms with van der Waals surface area (Å²) in [6.07, 6.45) is 2.65. The van der Waals surface area contributed by atoms with Crippen LogP contribution in [0.2, 0.25) is 0 Å². The van der Waals surface area contributed by atoms with Gasteiger partial charge in [0, 0.05) is 23.1 Å². The fourth-order valence-corrected chi connectivity index (χ4v) is 4.33. The lowest BCUT2D eigenvalue weighted by atomic mass is 9.98. The van der Waals surface area contributed by atoms with Gasteiger partial charge in [0.15, 0.2) is 0 Å². The summed E-state index contributed by atoms with van der Waals surface area (Å²) in [5.74, 6) is 1.71. The van der Waals surface area contributed by atoms with Crippen LogP contribution < -0.4 is 10.1 Å². The Morgan fingerprint density at radius 3 is 2.90 bits per heavy atom. The van der Waals surface area contributed by atoms with Crippen molar-refractivity contribution in [3.05, 3.63) is 26.6 Å². The average Bonchev–Trinajstić information content (AvgIpc) is 2.42. The Labute approximate surface area is 144 Å². The van der Waals surface area contributed by atoms with Gasteiger partial charge in [-0.2, -0.15) is 0 Å². The summed E-state index contributed by atoms with van der Waals surface area (Å²) in [6, 6.07) is 4.17. The standard InChI is InChI=1S/C16H24Br2N2O/c1-3-21-16-13(7-14(17)8-15(16)18)10-19-9-12-5-4-6-20(2)11-12/h7-8,12,19H,3-6,9-11H2,1-2H3. The summed E-state index contributed by atoms with van der Waals surface area (Å²) in [5, 5.41) is 3.60. The highest BCUT2D eigenvalue weighted by atomic mass is 79.9. The number of hydrogen-bond acceptors (Lipinski definition) is 3. The monoisotopic (exact) mass is 418 g/mol. The topological polar surface area (TPSA) is 24.5 Å². The Kier molecular flexibility index (Phi) is 6.99. The van der Waals surface area contributed by atoms with E-state index in [9.17, 15) is 0 Å². The molecule has 0 radical (unpaired) electrons. The molecule has 1 saturated heterocycles. The molecule has 1 aliphatic rings. The van der Waals surface area contributed by atoms with Gasteiger partial charge in [0.25, 0.3) is 0 Å². The first kappa shape index (κ1) is 17.3. The van der Waals surface area contributed by atoms with Crippen LogP contribution in [0.25, 0.3) is 0 Å².